The van der Waals surface area contributed by atoms with Crippen LogP contribution < -0.4 is 0 Å². The van der Waals surface area contributed by atoms with Gasteiger partial charge in [0.1, 0.15) is 5.75 Å². The second-order valence-electron chi connectivity index (χ2n) is 6.21. The van der Waals surface area contributed by atoms with Crippen LogP contribution in [-0.4, -0.2) is 9.93 Å². The number of halogens is 1. The van der Waals surface area contributed by atoms with E-state index in [-0.39, 0.29) is 5.41 Å². The molecule has 1 aromatic carbocycles. The van der Waals surface area contributed by atoms with E-state index in [0.29, 0.717) is 22.4 Å². The zero-order valence-electron chi connectivity index (χ0n) is 11.8. The SMILES string of the molecule is C=CC1CCC(Br)C(C)(C)C1Cc1ccccc1O. The molecule has 2 heteroatoms. The summed E-state index contributed by atoms with van der Waals surface area (Å²) in [7, 11) is 0. The first-order chi connectivity index (χ1) is 8.96. The number of phenols is 1. The van der Waals surface area contributed by atoms with Gasteiger partial charge in [0.05, 0.1) is 0 Å². The van der Waals surface area contributed by atoms with Gasteiger partial charge in [-0.3, -0.25) is 0 Å². The van der Waals surface area contributed by atoms with Crippen molar-refractivity contribution in [2.45, 2.75) is 37.9 Å². The molecule has 0 bridgehead atoms. The second kappa shape index (κ2) is 5.70. The molecule has 1 aliphatic carbocycles. The van der Waals surface area contributed by atoms with E-state index >= 15 is 0 Å². The molecule has 1 aliphatic rings. The average molecular weight is 323 g/mol. The molecule has 0 heterocycles. The van der Waals surface area contributed by atoms with Crippen molar-refractivity contribution < 1.29 is 5.11 Å². The number of phenolic OH excluding ortho intramolecular Hbond substituents is 1. The molecule has 3 atom stereocenters. The number of alkyl halides is 1. The Morgan fingerprint density at radius 3 is 2.68 bits per heavy atom. The standard InChI is InChI=1S/C17H23BrO/c1-4-12-9-10-16(18)17(2,3)14(12)11-13-7-5-6-8-15(13)19/h4-8,12,14,16,19H,1,9-11H2,2-3H3. The molecule has 104 valence electrons. The summed E-state index contributed by atoms with van der Waals surface area (Å²) in [6.45, 7) is 8.66. The first kappa shape index (κ1) is 14.6. The molecule has 1 aromatic rings. The van der Waals surface area contributed by atoms with Gasteiger partial charge in [-0.1, -0.05) is 54.1 Å². The average Bonchev–Trinajstić information content (AvgIpc) is 2.38. The van der Waals surface area contributed by atoms with Gasteiger partial charge in [0.15, 0.2) is 0 Å². The fourth-order valence-electron chi connectivity index (χ4n) is 3.31. The lowest BCUT2D eigenvalue weighted by Gasteiger charge is -2.47. The fraction of sp³-hybridized carbons (Fsp3) is 0.529. The Kier molecular flexibility index (Phi) is 4.39. The minimum absolute atomic E-state index is 0.208. The molecule has 0 aromatic heterocycles. The fourth-order valence-corrected chi connectivity index (χ4v) is 3.92. The number of hydrogen-bond donors (Lipinski definition) is 1. The Balaban J connectivity index is 2.28. The lowest BCUT2D eigenvalue weighted by atomic mass is 9.61. The van der Waals surface area contributed by atoms with Crippen LogP contribution in [-0.2, 0) is 6.42 Å². The third-order valence-electron chi connectivity index (χ3n) is 4.77. The Labute approximate surface area is 124 Å². The summed E-state index contributed by atoms with van der Waals surface area (Å²) >= 11 is 3.84. The van der Waals surface area contributed by atoms with Crippen LogP contribution in [0.15, 0.2) is 36.9 Å². The zero-order chi connectivity index (χ0) is 14.0. The maximum absolute atomic E-state index is 10.00. The Morgan fingerprint density at radius 1 is 1.37 bits per heavy atom. The first-order valence-electron chi connectivity index (χ1n) is 7.00. The van der Waals surface area contributed by atoms with Crippen molar-refractivity contribution in [1.82, 2.24) is 0 Å². The van der Waals surface area contributed by atoms with Crippen LogP contribution in [0.25, 0.3) is 0 Å². The van der Waals surface area contributed by atoms with Crippen LogP contribution in [0.3, 0.4) is 0 Å². The topological polar surface area (TPSA) is 20.2 Å². The van der Waals surface area contributed by atoms with Crippen molar-refractivity contribution in [3.05, 3.63) is 42.5 Å². The lowest BCUT2D eigenvalue weighted by Crippen LogP contribution is -2.42. The molecule has 2 rings (SSSR count). The Hall–Kier alpha value is -0.760. The summed E-state index contributed by atoms with van der Waals surface area (Å²) in [6, 6.07) is 7.69. The van der Waals surface area contributed by atoms with Crippen molar-refractivity contribution in [1.29, 1.82) is 0 Å². The molecule has 19 heavy (non-hydrogen) atoms. The predicted molar refractivity (Wildman–Crippen MR) is 84.7 cm³/mol. The normalized spacial score (nSPS) is 29.9. The summed E-state index contributed by atoms with van der Waals surface area (Å²) in [5.74, 6) is 1.46. The highest BCUT2D eigenvalue weighted by molar-refractivity contribution is 9.09. The third-order valence-corrected chi connectivity index (χ3v) is 6.41. The maximum atomic E-state index is 10.00. The maximum Gasteiger partial charge on any atom is 0.118 e. The van der Waals surface area contributed by atoms with Gasteiger partial charge in [-0.25, -0.2) is 0 Å². The molecule has 0 amide bonds. The molecule has 1 nitrogen and oxygen atoms in total. The van der Waals surface area contributed by atoms with Crippen LogP contribution in [0.2, 0.25) is 0 Å². The first-order valence-corrected chi connectivity index (χ1v) is 7.92. The van der Waals surface area contributed by atoms with Gasteiger partial charge in [0.25, 0.3) is 0 Å². The van der Waals surface area contributed by atoms with E-state index in [1.165, 1.54) is 12.8 Å². The van der Waals surface area contributed by atoms with Crippen LogP contribution in [0.5, 0.6) is 5.75 Å². The monoisotopic (exact) mass is 322 g/mol. The van der Waals surface area contributed by atoms with Crippen molar-refractivity contribution in [3.8, 4) is 5.75 Å². The van der Waals surface area contributed by atoms with Gasteiger partial charge in [0.2, 0.25) is 0 Å². The number of benzene rings is 1. The van der Waals surface area contributed by atoms with E-state index in [4.69, 9.17) is 0 Å². The van der Waals surface area contributed by atoms with Crippen LogP contribution in [0.1, 0.15) is 32.3 Å². The van der Waals surface area contributed by atoms with Gasteiger partial charge in [-0.2, -0.15) is 0 Å². The molecule has 0 saturated heterocycles. The van der Waals surface area contributed by atoms with E-state index in [1.54, 1.807) is 6.07 Å². The molecule has 0 aliphatic heterocycles. The molecule has 0 radical (unpaired) electrons. The minimum Gasteiger partial charge on any atom is -0.508 e. The number of aromatic hydroxyl groups is 1. The molecule has 1 N–H and O–H groups in total. The van der Waals surface area contributed by atoms with Crippen LogP contribution in [0.4, 0.5) is 0 Å². The van der Waals surface area contributed by atoms with Crippen molar-refractivity contribution in [3.63, 3.8) is 0 Å². The van der Waals surface area contributed by atoms with Crippen molar-refractivity contribution in [2.75, 3.05) is 0 Å². The Bertz CT molecular complexity index is 452. The van der Waals surface area contributed by atoms with E-state index < -0.39 is 0 Å². The smallest absolute Gasteiger partial charge is 0.118 e. The second-order valence-corrected chi connectivity index (χ2v) is 7.31. The highest BCUT2D eigenvalue weighted by atomic mass is 79.9. The highest BCUT2D eigenvalue weighted by Gasteiger charge is 2.43. The molecule has 1 fully saturated rings. The third kappa shape index (κ3) is 2.89. The molecular formula is C17H23BrO. The summed E-state index contributed by atoms with van der Waals surface area (Å²) in [5.41, 5.74) is 1.26. The number of para-hydroxylation sites is 1. The summed E-state index contributed by atoms with van der Waals surface area (Å²) < 4.78 is 0. The molecule has 0 spiro atoms. The number of hydrogen-bond acceptors (Lipinski definition) is 1. The summed E-state index contributed by atoms with van der Waals surface area (Å²) in [4.78, 5) is 0.534. The zero-order valence-corrected chi connectivity index (χ0v) is 13.4. The van der Waals surface area contributed by atoms with Gasteiger partial charge in [0, 0.05) is 4.83 Å². The van der Waals surface area contributed by atoms with Gasteiger partial charge >= 0.3 is 0 Å². The van der Waals surface area contributed by atoms with E-state index in [0.717, 1.165) is 12.0 Å². The van der Waals surface area contributed by atoms with Gasteiger partial charge in [-0.05, 0) is 48.1 Å². The van der Waals surface area contributed by atoms with Gasteiger partial charge < -0.3 is 5.11 Å². The Morgan fingerprint density at radius 2 is 2.05 bits per heavy atom. The van der Waals surface area contributed by atoms with E-state index in [9.17, 15) is 5.11 Å². The van der Waals surface area contributed by atoms with Crippen LogP contribution >= 0.6 is 15.9 Å². The lowest BCUT2D eigenvalue weighted by molar-refractivity contribution is 0.109. The quantitative estimate of drug-likeness (QED) is 0.617. The highest BCUT2D eigenvalue weighted by Crippen LogP contribution is 2.49. The molecule has 1 saturated carbocycles. The van der Waals surface area contributed by atoms with Gasteiger partial charge in [-0.15, -0.1) is 6.58 Å². The van der Waals surface area contributed by atoms with Crippen molar-refractivity contribution >= 4 is 15.9 Å². The largest absolute Gasteiger partial charge is 0.508 e. The van der Waals surface area contributed by atoms with E-state index in [1.807, 2.05) is 18.2 Å². The van der Waals surface area contributed by atoms with E-state index in [2.05, 4.69) is 42.4 Å². The molecule has 3 unspecified atom stereocenters. The predicted octanol–water partition coefficient (Wildman–Crippen LogP) is 4.94. The molecular weight excluding hydrogens is 300 g/mol. The van der Waals surface area contributed by atoms with Crippen LogP contribution in [0, 0.1) is 17.3 Å². The minimum atomic E-state index is 0.208. The summed E-state index contributed by atoms with van der Waals surface area (Å²) in [5, 5.41) is 10.00. The van der Waals surface area contributed by atoms with Crippen molar-refractivity contribution in [2.24, 2.45) is 17.3 Å². The number of rotatable bonds is 3. The number of allylic oxidation sites excluding steroid dienone is 1. The summed E-state index contributed by atoms with van der Waals surface area (Å²) in [6.07, 6.45) is 5.39.